The third-order valence-corrected chi connectivity index (χ3v) is 4.37. The van der Waals surface area contributed by atoms with Gasteiger partial charge in [0.1, 0.15) is 22.6 Å². The zero-order valence-electron chi connectivity index (χ0n) is 9.92. The summed E-state index contributed by atoms with van der Waals surface area (Å²) < 4.78 is 0. The first-order valence-electron chi connectivity index (χ1n) is 5.76. The van der Waals surface area contributed by atoms with E-state index in [1.54, 1.807) is 17.7 Å². The quantitative estimate of drug-likeness (QED) is 0.883. The van der Waals surface area contributed by atoms with Gasteiger partial charge in [0.2, 0.25) is 0 Å². The van der Waals surface area contributed by atoms with E-state index in [1.165, 1.54) is 0 Å². The van der Waals surface area contributed by atoms with E-state index in [0.29, 0.717) is 13.1 Å². The molecule has 0 radical (unpaired) electrons. The van der Waals surface area contributed by atoms with Gasteiger partial charge in [0, 0.05) is 0 Å². The maximum Gasteiger partial charge on any atom is 0.140 e. The Morgan fingerprint density at radius 2 is 2.18 bits per heavy atom. The van der Waals surface area contributed by atoms with E-state index in [2.05, 4.69) is 28.7 Å². The lowest BCUT2D eigenvalue weighted by atomic mass is 9.83. The van der Waals surface area contributed by atoms with Crippen molar-refractivity contribution in [2.24, 2.45) is 5.92 Å². The summed E-state index contributed by atoms with van der Waals surface area (Å²) in [5.41, 5.74) is -0.562. The summed E-state index contributed by atoms with van der Waals surface area (Å²) in [6.45, 7) is 5.42. The predicted octanol–water partition coefficient (Wildman–Crippen LogP) is 1.90. The third-order valence-electron chi connectivity index (χ3n) is 3.54. The number of nitrogens with zero attached hydrogens (tertiary/aromatic N) is 3. The van der Waals surface area contributed by atoms with Crippen molar-refractivity contribution < 1.29 is 5.11 Å². The van der Waals surface area contributed by atoms with Crippen molar-refractivity contribution in [2.75, 3.05) is 18.0 Å². The van der Waals surface area contributed by atoms with Crippen LogP contribution in [0.3, 0.4) is 0 Å². The van der Waals surface area contributed by atoms with Gasteiger partial charge in [0.25, 0.3) is 0 Å². The van der Waals surface area contributed by atoms with Gasteiger partial charge in [-0.05, 0) is 17.4 Å². The molecule has 4 nitrogen and oxygen atoms in total. The van der Waals surface area contributed by atoms with E-state index < -0.39 is 5.60 Å². The van der Waals surface area contributed by atoms with Crippen LogP contribution < -0.4 is 4.90 Å². The number of rotatable bonds is 2. The van der Waals surface area contributed by atoms with Crippen molar-refractivity contribution in [2.45, 2.75) is 19.4 Å². The Balaban J connectivity index is 1.90. The Morgan fingerprint density at radius 3 is 2.88 bits per heavy atom. The van der Waals surface area contributed by atoms with E-state index >= 15 is 0 Å². The van der Waals surface area contributed by atoms with Crippen LogP contribution in [0.2, 0.25) is 0 Å². The van der Waals surface area contributed by atoms with Crippen LogP contribution in [0.15, 0.2) is 17.8 Å². The van der Waals surface area contributed by atoms with E-state index in [4.69, 9.17) is 0 Å². The van der Waals surface area contributed by atoms with Gasteiger partial charge in [-0.15, -0.1) is 11.3 Å². The summed E-state index contributed by atoms with van der Waals surface area (Å²) in [5.74, 6) is 1.22. The minimum Gasteiger partial charge on any atom is -0.386 e. The summed E-state index contributed by atoms with van der Waals surface area (Å²) in [6, 6.07) is 2.04. The molecule has 90 valence electrons. The Kier molecular flexibility index (Phi) is 2.34. The zero-order valence-corrected chi connectivity index (χ0v) is 10.7. The van der Waals surface area contributed by atoms with Gasteiger partial charge in [-0.2, -0.15) is 0 Å². The van der Waals surface area contributed by atoms with Gasteiger partial charge in [-0.3, -0.25) is 0 Å². The molecule has 0 aliphatic carbocycles. The van der Waals surface area contributed by atoms with E-state index in [0.717, 1.165) is 16.0 Å². The molecule has 0 aromatic carbocycles. The molecule has 5 heteroatoms. The topological polar surface area (TPSA) is 49.2 Å². The lowest BCUT2D eigenvalue weighted by Crippen LogP contribution is -2.65. The molecular weight excluding hydrogens is 234 g/mol. The van der Waals surface area contributed by atoms with E-state index in [1.807, 2.05) is 11.4 Å². The monoisotopic (exact) mass is 249 g/mol. The maximum atomic E-state index is 10.3. The first kappa shape index (κ1) is 10.9. The molecule has 3 rings (SSSR count). The Labute approximate surface area is 104 Å². The fourth-order valence-electron chi connectivity index (χ4n) is 2.16. The zero-order chi connectivity index (χ0) is 12.0. The van der Waals surface area contributed by atoms with Crippen LogP contribution in [-0.2, 0) is 0 Å². The Hall–Kier alpha value is -1.20. The Bertz CT molecular complexity index is 545. The molecule has 0 bridgehead atoms. The van der Waals surface area contributed by atoms with Crippen LogP contribution >= 0.6 is 11.3 Å². The highest BCUT2D eigenvalue weighted by Crippen LogP contribution is 2.35. The highest BCUT2D eigenvalue weighted by Gasteiger charge is 2.44. The SMILES string of the molecule is CC(C)C1(O)CN(c2ncnc3sccc23)C1. The summed E-state index contributed by atoms with van der Waals surface area (Å²) in [6.07, 6.45) is 1.60. The summed E-state index contributed by atoms with van der Waals surface area (Å²) >= 11 is 1.62. The van der Waals surface area contributed by atoms with Gasteiger partial charge in [-0.25, -0.2) is 9.97 Å². The van der Waals surface area contributed by atoms with Crippen LogP contribution in [0, 0.1) is 5.92 Å². The van der Waals surface area contributed by atoms with Gasteiger partial charge < -0.3 is 10.0 Å². The molecule has 0 atom stereocenters. The molecule has 17 heavy (non-hydrogen) atoms. The minimum atomic E-state index is -0.562. The predicted molar refractivity (Wildman–Crippen MR) is 69.4 cm³/mol. The summed E-state index contributed by atoms with van der Waals surface area (Å²) in [7, 11) is 0. The molecule has 1 aliphatic rings. The minimum absolute atomic E-state index is 0.276. The second-order valence-corrected chi connectivity index (χ2v) is 5.85. The molecule has 0 saturated carbocycles. The Morgan fingerprint density at radius 1 is 1.41 bits per heavy atom. The van der Waals surface area contributed by atoms with E-state index in [-0.39, 0.29) is 5.92 Å². The number of hydrogen-bond donors (Lipinski definition) is 1. The number of β-amino-alcohol motifs (C(OH)–C–C–N with tert-alkyl or cyclic N) is 1. The largest absolute Gasteiger partial charge is 0.386 e. The number of fused-ring (bicyclic) bond motifs is 1. The average Bonchev–Trinajstić information content (AvgIpc) is 2.72. The molecule has 2 aromatic heterocycles. The average molecular weight is 249 g/mol. The first-order valence-corrected chi connectivity index (χ1v) is 6.64. The van der Waals surface area contributed by atoms with Crippen LogP contribution in [0.1, 0.15) is 13.8 Å². The molecule has 0 spiro atoms. The smallest absolute Gasteiger partial charge is 0.140 e. The highest BCUT2D eigenvalue weighted by atomic mass is 32.1. The van der Waals surface area contributed by atoms with Crippen molar-refractivity contribution in [3.63, 3.8) is 0 Å². The first-order chi connectivity index (χ1) is 8.10. The number of hydrogen-bond acceptors (Lipinski definition) is 5. The highest BCUT2D eigenvalue weighted by molar-refractivity contribution is 7.16. The second-order valence-electron chi connectivity index (χ2n) is 4.95. The lowest BCUT2D eigenvalue weighted by molar-refractivity contribution is -0.0303. The molecule has 2 aromatic rings. The molecule has 0 amide bonds. The third kappa shape index (κ3) is 1.61. The summed E-state index contributed by atoms with van der Waals surface area (Å²) in [5, 5.41) is 13.4. The number of thiophene rings is 1. The molecular formula is C12H15N3OS. The second kappa shape index (κ2) is 3.65. The van der Waals surface area contributed by atoms with Gasteiger partial charge in [0.05, 0.1) is 18.5 Å². The lowest BCUT2D eigenvalue weighted by Gasteiger charge is -2.49. The van der Waals surface area contributed by atoms with Crippen molar-refractivity contribution in [1.29, 1.82) is 0 Å². The molecule has 1 aliphatic heterocycles. The van der Waals surface area contributed by atoms with Crippen LogP contribution in [0.5, 0.6) is 0 Å². The molecule has 1 N–H and O–H groups in total. The van der Waals surface area contributed by atoms with Gasteiger partial charge in [0.15, 0.2) is 0 Å². The summed E-state index contributed by atoms with van der Waals surface area (Å²) in [4.78, 5) is 11.7. The van der Waals surface area contributed by atoms with Crippen molar-refractivity contribution in [3.8, 4) is 0 Å². The number of aliphatic hydroxyl groups is 1. The molecule has 3 heterocycles. The fourth-order valence-corrected chi connectivity index (χ4v) is 2.89. The number of aromatic nitrogens is 2. The van der Waals surface area contributed by atoms with Crippen molar-refractivity contribution >= 4 is 27.4 Å². The number of anilines is 1. The molecule has 1 fully saturated rings. The van der Waals surface area contributed by atoms with Crippen molar-refractivity contribution in [1.82, 2.24) is 9.97 Å². The normalized spacial score (nSPS) is 18.7. The van der Waals surface area contributed by atoms with Crippen LogP contribution in [0.25, 0.3) is 10.2 Å². The maximum absolute atomic E-state index is 10.3. The standard InChI is InChI=1S/C12H15N3OS/c1-8(2)12(16)5-15(6-12)10-9-3-4-17-11(9)14-7-13-10/h3-4,7-8,16H,5-6H2,1-2H3. The van der Waals surface area contributed by atoms with E-state index in [9.17, 15) is 5.11 Å². The molecule has 1 saturated heterocycles. The van der Waals surface area contributed by atoms with Gasteiger partial charge >= 0.3 is 0 Å². The fraction of sp³-hybridized carbons (Fsp3) is 0.500. The van der Waals surface area contributed by atoms with Crippen molar-refractivity contribution in [3.05, 3.63) is 17.8 Å². The van der Waals surface area contributed by atoms with Crippen LogP contribution in [0.4, 0.5) is 5.82 Å². The van der Waals surface area contributed by atoms with Gasteiger partial charge in [-0.1, -0.05) is 13.8 Å². The molecule has 0 unspecified atom stereocenters. The van der Waals surface area contributed by atoms with Crippen LogP contribution in [-0.4, -0.2) is 33.8 Å².